The lowest BCUT2D eigenvalue weighted by Gasteiger charge is -2.06. The maximum Gasteiger partial charge on any atom is 0.216 e. The van der Waals surface area contributed by atoms with E-state index >= 15 is 0 Å². The number of nitrogens with one attached hydrogen (secondary N) is 2. The third-order valence-electron chi connectivity index (χ3n) is 2.24. The van der Waals surface area contributed by atoms with Gasteiger partial charge >= 0.3 is 0 Å². The summed E-state index contributed by atoms with van der Waals surface area (Å²) < 4.78 is 6.23. The van der Waals surface area contributed by atoms with Gasteiger partial charge in [-0.1, -0.05) is 0 Å². The van der Waals surface area contributed by atoms with Crippen LogP contribution >= 0.6 is 22.6 Å². The van der Waals surface area contributed by atoms with Crippen LogP contribution in [-0.4, -0.2) is 27.7 Å². The molecule has 2 rings (SSSR count). The number of benzene rings is 1. The first-order chi connectivity index (χ1) is 9.24. The zero-order valence-corrected chi connectivity index (χ0v) is 12.0. The highest BCUT2D eigenvalue weighted by Crippen LogP contribution is 2.24. The van der Waals surface area contributed by atoms with E-state index in [1.165, 1.54) is 6.20 Å². The molecule has 0 spiro atoms. The highest BCUT2D eigenvalue weighted by atomic mass is 127. The average Bonchev–Trinajstić information content (AvgIpc) is 2.95. The van der Waals surface area contributed by atoms with E-state index < -0.39 is 0 Å². The summed E-state index contributed by atoms with van der Waals surface area (Å²) in [5.74, 6) is 1.00. The SMILES string of the molecule is COc1cc(NC=C(C#N)c2nn[nH]n2)ccc1I. The Hall–Kier alpha value is -2.15. The molecule has 1 heterocycles. The first-order valence-electron chi connectivity index (χ1n) is 5.18. The summed E-state index contributed by atoms with van der Waals surface area (Å²) in [5.41, 5.74) is 1.08. The zero-order valence-electron chi connectivity index (χ0n) is 9.88. The summed E-state index contributed by atoms with van der Waals surface area (Å²) in [6, 6.07) is 7.63. The van der Waals surface area contributed by atoms with E-state index in [0.29, 0.717) is 0 Å². The predicted octanol–water partition coefficient (Wildman–Crippen LogP) is 1.79. The van der Waals surface area contributed by atoms with Crippen LogP contribution in [-0.2, 0) is 0 Å². The van der Waals surface area contributed by atoms with E-state index in [4.69, 9.17) is 10.00 Å². The van der Waals surface area contributed by atoms with E-state index in [1.807, 2.05) is 24.3 Å². The van der Waals surface area contributed by atoms with Gasteiger partial charge in [-0.05, 0) is 39.9 Å². The van der Waals surface area contributed by atoms with Gasteiger partial charge in [-0.25, -0.2) is 0 Å². The lowest BCUT2D eigenvalue weighted by Crippen LogP contribution is -1.94. The lowest BCUT2D eigenvalue weighted by molar-refractivity contribution is 0.412. The number of methoxy groups -OCH3 is 1. The Morgan fingerprint density at radius 3 is 3.05 bits per heavy atom. The van der Waals surface area contributed by atoms with E-state index in [0.717, 1.165) is 15.0 Å². The Kier molecular flexibility index (Phi) is 4.30. The first kappa shape index (κ1) is 13.3. The molecule has 0 bridgehead atoms. The van der Waals surface area contributed by atoms with Crippen LogP contribution in [0.5, 0.6) is 5.75 Å². The van der Waals surface area contributed by atoms with Crippen molar-refractivity contribution in [2.75, 3.05) is 12.4 Å². The number of H-pyrrole nitrogens is 1. The molecule has 0 saturated carbocycles. The van der Waals surface area contributed by atoms with E-state index in [9.17, 15) is 0 Å². The van der Waals surface area contributed by atoms with Crippen LogP contribution in [0.4, 0.5) is 5.69 Å². The summed E-state index contributed by atoms with van der Waals surface area (Å²) >= 11 is 2.18. The van der Waals surface area contributed by atoms with Crippen molar-refractivity contribution in [2.45, 2.75) is 0 Å². The molecule has 0 amide bonds. The van der Waals surface area contributed by atoms with E-state index in [-0.39, 0.29) is 11.4 Å². The summed E-state index contributed by atoms with van der Waals surface area (Å²) in [6.07, 6.45) is 1.52. The molecule has 0 aliphatic carbocycles. The number of nitrogens with zero attached hydrogens (tertiary/aromatic N) is 4. The minimum Gasteiger partial charge on any atom is -0.496 e. The Balaban J connectivity index is 2.20. The molecule has 8 heteroatoms. The van der Waals surface area contributed by atoms with Crippen molar-refractivity contribution in [3.8, 4) is 11.8 Å². The Morgan fingerprint density at radius 2 is 2.42 bits per heavy atom. The number of halogens is 1. The van der Waals surface area contributed by atoms with Gasteiger partial charge in [-0.2, -0.15) is 10.5 Å². The average molecular weight is 368 g/mol. The van der Waals surface area contributed by atoms with Gasteiger partial charge in [0.15, 0.2) is 0 Å². The Labute approximate surface area is 122 Å². The van der Waals surface area contributed by atoms with Crippen LogP contribution in [0.2, 0.25) is 0 Å². The van der Waals surface area contributed by atoms with Crippen molar-refractivity contribution >= 4 is 33.9 Å². The summed E-state index contributed by atoms with van der Waals surface area (Å²) in [5, 5.41) is 25.2. The van der Waals surface area contributed by atoms with Crippen molar-refractivity contribution < 1.29 is 4.74 Å². The molecule has 1 aromatic carbocycles. The second-order valence-corrected chi connectivity index (χ2v) is 4.56. The third kappa shape index (κ3) is 3.19. The van der Waals surface area contributed by atoms with Crippen LogP contribution in [0.3, 0.4) is 0 Å². The molecule has 0 saturated heterocycles. The van der Waals surface area contributed by atoms with Crippen molar-refractivity contribution in [3.63, 3.8) is 0 Å². The highest BCUT2D eigenvalue weighted by molar-refractivity contribution is 14.1. The maximum absolute atomic E-state index is 9.01. The number of rotatable bonds is 4. The predicted molar refractivity (Wildman–Crippen MR) is 77.1 cm³/mol. The van der Waals surface area contributed by atoms with E-state index in [1.54, 1.807) is 7.11 Å². The number of hydrogen-bond donors (Lipinski definition) is 2. The second kappa shape index (κ2) is 6.14. The molecule has 19 heavy (non-hydrogen) atoms. The van der Waals surface area contributed by atoms with Crippen LogP contribution in [0, 0.1) is 14.9 Å². The van der Waals surface area contributed by atoms with Gasteiger partial charge in [0.1, 0.15) is 17.4 Å². The molecular formula is C11H9IN6O. The molecule has 0 atom stereocenters. The van der Waals surface area contributed by atoms with Crippen LogP contribution in [0.15, 0.2) is 24.4 Å². The number of aromatic nitrogens is 4. The van der Waals surface area contributed by atoms with E-state index in [2.05, 4.69) is 48.5 Å². The summed E-state index contributed by atoms with van der Waals surface area (Å²) in [4.78, 5) is 0. The van der Waals surface area contributed by atoms with Crippen LogP contribution in [0.1, 0.15) is 5.82 Å². The molecular weight excluding hydrogens is 359 g/mol. The summed E-state index contributed by atoms with van der Waals surface area (Å²) in [6.45, 7) is 0. The van der Waals surface area contributed by atoms with Gasteiger partial charge in [0.2, 0.25) is 5.82 Å². The zero-order chi connectivity index (χ0) is 13.7. The van der Waals surface area contributed by atoms with Crippen molar-refractivity contribution in [2.24, 2.45) is 0 Å². The first-order valence-corrected chi connectivity index (χ1v) is 6.26. The van der Waals surface area contributed by atoms with Crippen LogP contribution in [0.25, 0.3) is 5.57 Å². The molecule has 0 unspecified atom stereocenters. The minimum atomic E-state index is 0.243. The quantitative estimate of drug-likeness (QED) is 0.631. The molecule has 0 aliphatic rings. The number of anilines is 1. The largest absolute Gasteiger partial charge is 0.496 e. The number of aromatic amines is 1. The van der Waals surface area contributed by atoms with Crippen molar-refractivity contribution in [3.05, 3.63) is 33.8 Å². The highest BCUT2D eigenvalue weighted by Gasteiger charge is 2.06. The lowest BCUT2D eigenvalue weighted by atomic mass is 10.3. The number of hydrogen-bond acceptors (Lipinski definition) is 6. The van der Waals surface area contributed by atoms with Gasteiger partial charge in [0.25, 0.3) is 0 Å². The fraction of sp³-hybridized carbons (Fsp3) is 0.0909. The fourth-order valence-corrected chi connectivity index (χ4v) is 1.88. The smallest absolute Gasteiger partial charge is 0.216 e. The second-order valence-electron chi connectivity index (χ2n) is 3.40. The molecule has 7 nitrogen and oxygen atoms in total. The molecule has 0 fully saturated rings. The normalized spacial score (nSPS) is 10.9. The van der Waals surface area contributed by atoms with Gasteiger partial charge in [-0.3, -0.25) is 0 Å². The fourth-order valence-electron chi connectivity index (χ4n) is 1.33. The molecule has 0 aliphatic heterocycles. The number of tetrazole rings is 1. The molecule has 2 aromatic rings. The molecule has 1 aromatic heterocycles. The Bertz CT molecular complexity index is 631. The molecule has 96 valence electrons. The standard InChI is InChI=1S/C11H9IN6O/c1-19-10-4-8(2-3-9(10)12)14-6-7(5-13)11-15-17-18-16-11/h2-4,6,14H,1H3,(H,15,16,17,18). The molecule has 0 radical (unpaired) electrons. The van der Waals surface area contributed by atoms with Gasteiger partial charge in [0.05, 0.1) is 10.7 Å². The van der Waals surface area contributed by atoms with Gasteiger partial charge in [0, 0.05) is 18.0 Å². The topological polar surface area (TPSA) is 99.5 Å². The number of allylic oxidation sites excluding steroid dienone is 1. The number of nitriles is 1. The number of ether oxygens (including phenoxy) is 1. The monoisotopic (exact) mass is 368 g/mol. The van der Waals surface area contributed by atoms with Crippen molar-refractivity contribution in [1.82, 2.24) is 20.6 Å². The molecule has 2 N–H and O–H groups in total. The Morgan fingerprint density at radius 1 is 1.58 bits per heavy atom. The van der Waals surface area contributed by atoms with Gasteiger partial charge < -0.3 is 10.1 Å². The van der Waals surface area contributed by atoms with Crippen molar-refractivity contribution in [1.29, 1.82) is 5.26 Å². The minimum absolute atomic E-state index is 0.243. The van der Waals surface area contributed by atoms with Crippen LogP contribution < -0.4 is 10.1 Å². The van der Waals surface area contributed by atoms with Gasteiger partial charge in [-0.15, -0.1) is 10.2 Å². The maximum atomic E-state index is 9.01. The third-order valence-corrected chi connectivity index (χ3v) is 3.13. The summed E-state index contributed by atoms with van der Waals surface area (Å²) in [7, 11) is 1.61.